The smallest absolute Gasteiger partial charge is 0.00813 e. The van der Waals surface area contributed by atoms with Crippen molar-refractivity contribution in [3.8, 4) is 0 Å². The van der Waals surface area contributed by atoms with Gasteiger partial charge < -0.3 is 0 Å². The van der Waals surface area contributed by atoms with Gasteiger partial charge in [0.25, 0.3) is 0 Å². The maximum absolute atomic E-state index is 1.83. The lowest BCUT2D eigenvalue weighted by atomic mass is 9.55. The zero-order chi connectivity index (χ0) is 32.5. The summed E-state index contributed by atoms with van der Waals surface area (Å²) in [7, 11) is 0.266. The van der Waals surface area contributed by atoms with E-state index in [4.69, 9.17) is 0 Å². The van der Waals surface area contributed by atoms with Gasteiger partial charge in [0.1, 0.15) is 0 Å². The summed E-state index contributed by atoms with van der Waals surface area (Å²) in [6, 6.07) is 0. The molecule has 0 spiro atoms. The van der Waals surface area contributed by atoms with Crippen LogP contribution < -0.4 is 0 Å². The lowest BCUT2D eigenvalue weighted by Gasteiger charge is -2.70. The molecule has 17 aliphatic rings. The summed E-state index contributed by atoms with van der Waals surface area (Å²) in [5, 5.41) is 3.35. The largest absolute Gasteiger partial charge is 0.0933 e. The average molecular weight is 713 g/mol. The van der Waals surface area contributed by atoms with Crippen LogP contribution in [0.2, 0.25) is 0 Å². The zero-order valence-corrected chi connectivity index (χ0v) is 34.0. The lowest BCUT2D eigenvalue weighted by molar-refractivity contribution is 0.0165. The molecule has 17 aliphatic carbocycles. The summed E-state index contributed by atoms with van der Waals surface area (Å²) in [6.45, 7) is 0. The molecule has 0 nitrogen and oxygen atoms in total. The van der Waals surface area contributed by atoms with E-state index >= 15 is 0 Å². The molecule has 2 heteroatoms. The van der Waals surface area contributed by atoms with E-state index in [9.17, 15) is 0 Å². The van der Waals surface area contributed by atoms with Crippen molar-refractivity contribution in [1.29, 1.82) is 0 Å². The summed E-state index contributed by atoms with van der Waals surface area (Å²) in [4.78, 5) is 0. The molecule has 0 atom stereocenters. The van der Waals surface area contributed by atoms with Gasteiger partial charge in [-0.05, 0) is 276 Å². The fourth-order valence-electron chi connectivity index (χ4n) is 21.6. The van der Waals surface area contributed by atoms with Crippen LogP contribution in [0, 0.1) is 76.4 Å². The molecular formula is C48H74P2. The summed E-state index contributed by atoms with van der Waals surface area (Å²) in [5.74, 6) is 13.8. The third kappa shape index (κ3) is 4.79. The van der Waals surface area contributed by atoms with Crippen molar-refractivity contribution in [2.75, 3.05) is 12.3 Å². The van der Waals surface area contributed by atoms with Crippen LogP contribution in [0.5, 0.6) is 0 Å². The number of hydrogen-bond donors (Lipinski definition) is 0. The molecule has 0 aromatic rings. The van der Waals surface area contributed by atoms with E-state index in [1.807, 2.05) is 12.3 Å². The Morgan fingerprint density at radius 3 is 0.680 bits per heavy atom. The Morgan fingerprint density at radius 1 is 0.280 bits per heavy atom. The van der Waals surface area contributed by atoms with Crippen molar-refractivity contribution >= 4 is 15.8 Å². The zero-order valence-electron chi connectivity index (χ0n) is 32.2. The molecule has 0 aliphatic heterocycles. The highest BCUT2D eigenvalue weighted by atomic mass is 31.1. The molecule has 0 aromatic carbocycles. The average Bonchev–Trinajstić information content (AvgIpc) is 3.04. The van der Waals surface area contributed by atoms with Crippen LogP contribution in [0.15, 0.2) is 0 Å². The standard InChI is InChI=1S/C48H74P2/c1-2-4-44(5-3-1,30-49(45-18-32-6-33(19-45)8-34(7-32)20-45)46-21-35-9-36(22-46)11-37(10-35)23-46)31-50(47-24-38-12-39(25-47)14-40(13-38)26-47)48-27-41-15-42(28-48)17-43(16-41)29-48/h32-43H,1-31H2. The number of rotatable bonds is 8. The fraction of sp³-hybridized carbons (Fsp3) is 1.00. The molecule has 0 aromatic heterocycles. The van der Waals surface area contributed by atoms with E-state index in [-0.39, 0.29) is 15.8 Å². The summed E-state index contributed by atoms with van der Waals surface area (Å²) in [6.07, 6.45) is 52.7. The van der Waals surface area contributed by atoms with Crippen molar-refractivity contribution < 1.29 is 0 Å². The molecule has 16 bridgehead atoms. The Morgan fingerprint density at radius 2 is 0.480 bits per heavy atom. The van der Waals surface area contributed by atoms with Gasteiger partial charge in [-0.15, -0.1) is 0 Å². The van der Waals surface area contributed by atoms with Gasteiger partial charge in [-0.3, -0.25) is 0 Å². The monoisotopic (exact) mass is 713 g/mol. The van der Waals surface area contributed by atoms with Gasteiger partial charge in [-0.1, -0.05) is 35.1 Å². The van der Waals surface area contributed by atoms with Gasteiger partial charge in [0.15, 0.2) is 0 Å². The highest BCUT2D eigenvalue weighted by molar-refractivity contribution is 7.62. The summed E-state index contributed by atoms with van der Waals surface area (Å²) < 4.78 is 0. The van der Waals surface area contributed by atoms with Crippen LogP contribution in [-0.2, 0) is 0 Å². The molecule has 0 heterocycles. The molecule has 0 radical (unpaired) electrons. The van der Waals surface area contributed by atoms with Crippen LogP contribution in [0.1, 0.15) is 186 Å². The maximum atomic E-state index is 1.83. The molecule has 0 N–H and O–H groups in total. The van der Waals surface area contributed by atoms with Crippen LogP contribution in [0.3, 0.4) is 0 Å². The Labute approximate surface area is 310 Å². The third-order valence-electron chi connectivity index (χ3n) is 21.2. The summed E-state index contributed by atoms with van der Waals surface area (Å²) in [5.41, 5.74) is 0.759. The van der Waals surface area contributed by atoms with Crippen molar-refractivity contribution in [2.24, 2.45) is 76.4 Å². The first-order valence-electron chi connectivity index (χ1n) is 23.9. The van der Waals surface area contributed by atoms with E-state index in [0.29, 0.717) is 0 Å². The van der Waals surface area contributed by atoms with Gasteiger partial charge in [0.2, 0.25) is 0 Å². The highest BCUT2D eigenvalue weighted by Crippen LogP contribution is 2.83. The molecule has 276 valence electrons. The second-order valence-electron chi connectivity index (χ2n) is 24.8. The maximum Gasteiger partial charge on any atom is -0.00813 e. The van der Waals surface area contributed by atoms with Gasteiger partial charge in [-0.25, -0.2) is 0 Å². The molecule has 17 fully saturated rings. The molecular weight excluding hydrogens is 638 g/mol. The first kappa shape index (κ1) is 32.0. The van der Waals surface area contributed by atoms with Crippen molar-refractivity contribution in [3.63, 3.8) is 0 Å². The Balaban J connectivity index is 0.927. The normalized spacial score (nSPS) is 59.8. The number of hydrogen-bond acceptors (Lipinski definition) is 0. The topological polar surface area (TPSA) is 0 Å². The van der Waals surface area contributed by atoms with Crippen molar-refractivity contribution in [3.05, 3.63) is 0 Å². The van der Waals surface area contributed by atoms with Gasteiger partial charge >= 0.3 is 0 Å². The SMILES string of the molecule is C1CCC(CP(C23CC4CC(CC(C4)C2)C3)C23CC4CC(CC(C4)C2)C3)(CP(C23CC4CC(CC(C4)C2)C3)C23CC4CC(CC(C4)C2)C3)CC1. The second kappa shape index (κ2) is 11.0. The molecule has 0 amide bonds. The van der Waals surface area contributed by atoms with Crippen LogP contribution in [0.25, 0.3) is 0 Å². The van der Waals surface area contributed by atoms with Crippen LogP contribution >= 0.6 is 15.8 Å². The minimum atomic E-state index is 0.133. The van der Waals surface area contributed by atoms with Gasteiger partial charge in [0, 0.05) is 0 Å². The minimum Gasteiger partial charge on any atom is -0.0933 e. The Kier molecular flexibility index (Phi) is 7.06. The van der Waals surface area contributed by atoms with E-state index in [1.54, 1.807) is 186 Å². The van der Waals surface area contributed by atoms with Crippen LogP contribution in [0.4, 0.5) is 0 Å². The molecule has 0 unspecified atom stereocenters. The predicted molar refractivity (Wildman–Crippen MR) is 213 cm³/mol. The second-order valence-corrected chi connectivity index (χ2v) is 30.9. The van der Waals surface area contributed by atoms with Gasteiger partial charge in [0.05, 0.1) is 0 Å². The quantitative estimate of drug-likeness (QED) is 0.220. The van der Waals surface area contributed by atoms with Crippen LogP contribution in [-0.4, -0.2) is 32.9 Å². The Hall–Kier alpha value is 0.860. The molecule has 17 rings (SSSR count). The molecule has 17 saturated carbocycles. The van der Waals surface area contributed by atoms with E-state index < -0.39 is 0 Å². The Bertz CT molecular complexity index is 1040. The van der Waals surface area contributed by atoms with Crippen molar-refractivity contribution in [1.82, 2.24) is 0 Å². The molecule has 50 heavy (non-hydrogen) atoms. The molecule has 0 saturated heterocycles. The summed E-state index contributed by atoms with van der Waals surface area (Å²) >= 11 is 0. The third-order valence-corrected chi connectivity index (χ3v) is 30.0. The fourth-order valence-corrected chi connectivity index (χ4v) is 33.1. The first-order valence-corrected chi connectivity index (χ1v) is 26.9. The van der Waals surface area contributed by atoms with Crippen molar-refractivity contribution in [2.45, 2.75) is 207 Å². The minimum absolute atomic E-state index is 0.133. The van der Waals surface area contributed by atoms with E-state index in [1.165, 1.54) is 0 Å². The van der Waals surface area contributed by atoms with E-state index in [0.717, 1.165) is 97.1 Å². The lowest BCUT2D eigenvalue weighted by Crippen LogP contribution is -2.59. The predicted octanol–water partition coefficient (Wildman–Crippen LogP) is 13.8. The van der Waals surface area contributed by atoms with E-state index in [2.05, 4.69) is 0 Å². The van der Waals surface area contributed by atoms with Gasteiger partial charge in [-0.2, -0.15) is 0 Å². The first-order chi connectivity index (χ1) is 24.3. The highest BCUT2D eigenvalue weighted by Gasteiger charge is 2.67.